The normalized spacial score (nSPS) is 10.0. The number of H-pyrrole nitrogens is 1. The first-order valence-corrected chi connectivity index (χ1v) is 7.12. The van der Waals surface area contributed by atoms with E-state index in [1.165, 1.54) is 0 Å². The van der Waals surface area contributed by atoms with Crippen molar-refractivity contribution >= 4 is 5.95 Å². The third-order valence-corrected chi connectivity index (χ3v) is 3.22. The molecule has 0 unspecified atom stereocenters. The van der Waals surface area contributed by atoms with Crippen molar-refractivity contribution in [3.05, 3.63) is 40.2 Å². The van der Waals surface area contributed by atoms with Crippen molar-refractivity contribution in [1.82, 2.24) is 9.97 Å². The smallest absolute Gasteiger partial charge is 0.270 e. The maximum Gasteiger partial charge on any atom is 0.270 e. The molecular weight excluding hydrogens is 280 g/mol. The molecule has 6 nitrogen and oxygen atoms in total. The van der Waals surface area contributed by atoms with E-state index in [0.29, 0.717) is 29.5 Å². The lowest BCUT2D eigenvalue weighted by atomic mass is 10.1. The van der Waals surface area contributed by atoms with Gasteiger partial charge in [-0.05, 0) is 30.7 Å². The Labute approximate surface area is 128 Å². The highest BCUT2D eigenvalue weighted by molar-refractivity contribution is 5.67. The van der Waals surface area contributed by atoms with Gasteiger partial charge in [-0.2, -0.15) is 5.26 Å². The SMILES string of the molecule is CCCCNc1nc(-c2ccc(OC)cc2)c(C#N)c(=O)[nH]1. The fourth-order valence-electron chi connectivity index (χ4n) is 2.00. The van der Waals surface area contributed by atoms with Crippen molar-refractivity contribution in [2.75, 3.05) is 19.0 Å². The summed E-state index contributed by atoms with van der Waals surface area (Å²) in [5.74, 6) is 1.08. The maximum atomic E-state index is 12.0. The number of nitrogens with zero attached hydrogens (tertiary/aromatic N) is 2. The Kier molecular flexibility index (Phi) is 5.15. The van der Waals surface area contributed by atoms with Crippen LogP contribution >= 0.6 is 0 Å². The molecule has 6 heteroatoms. The number of nitriles is 1. The predicted molar refractivity (Wildman–Crippen MR) is 85.0 cm³/mol. The van der Waals surface area contributed by atoms with E-state index in [1.807, 2.05) is 6.07 Å². The van der Waals surface area contributed by atoms with Crippen LogP contribution in [0.4, 0.5) is 5.95 Å². The Hall–Kier alpha value is -2.81. The van der Waals surface area contributed by atoms with E-state index >= 15 is 0 Å². The molecule has 1 heterocycles. The van der Waals surface area contributed by atoms with E-state index in [2.05, 4.69) is 22.2 Å². The third-order valence-electron chi connectivity index (χ3n) is 3.22. The molecule has 0 saturated heterocycles. The molecule has 0 amide bonds. The number of aromatic nitrogens is 2. The first-order valence-electron chi connectivity index (χ1n) is 7.12. The molecule has 2 N–H and O–H groups in total. The van der Waals surface area contributed by atoms with E-state index in [4.69, 9.17) is 4.74 Å². The van der Waals surface area contributed by atoms with Gasteiger partial charge in [0, 0.05) is 12.1 Å². The van der Waals surface area contributed by atoms with Crippen LogP contribution in [0.5, 0.6) is 5.75 Å². The maximum absolute atomic E-state index is 12.0. The molecular formula is C16H18N4O2. The number of hydrogen-bond acceptors (Lipinski definition) is 5. The van der Waals surface area contributed by atoms with Crippen molar-refractivity contribution in [1.29, 1.82) is 5.26 Å². The van der Waals surface area contributed by atoms with Gasteiger partial charge in [0.05, 0.1) is 12.8 Å². The van der Waals surface area contributed by atoms with Gasteiger partial charge >= 0.3 is 0 Å². The Morgan fingerprint density at radius 1 is 1.36 bits per heavy atom. The van der Waals surface area contributed by atoms with Crippen molar-refractivity contribution < 1.29 is 4.74 Å². The zero-order valence-corrected chi connectivity index (χ0v) is 12.6. The average molecular weight is 298 g/mol. The number of ether oxygens (including phenoxy) is 1. The van der Waals surface area contributed by atoms with Gasteiger partial charge in [-0.1, -0.05) is 13.3 Å². The van der Waals surface area contributed by atoms with Gasteiger partial charge in [-0.15, -0.1) is 0 Å². The molecule has 114 valence electrons. The Bertz CT molecular complexity index is 729. The molecule has 0 atom stereocenters. The third kappa shape index (κ3) is 3.44. The van der Waals surface area contributed by atoms with Crippen LogP contribution in [0.25, 0.3) is 11.3 Å². The molecule has 0 aliphatic heterocycles. The summed E-state index contributed by atoms with van der Waals surface area (Å²) in [6, 6.07) is 9.01. The van der Waals surface area contributed by atoms with Crippen LogP contribution in [-0.2, 0) is 0 Å². The minimum atomic E-state index is -0.442. The molecule has 22 heavy (non-hydrogen) atoms. The molecule has 2 rings (SSSR count). The van der Waals surface area contributed by atoms with Crippen LogP contribution in [0.1, 0.15) is 25.3 Å². The van der Waals surface area contributed by atoms with Gasteiger partial charge < -0.3 is 10.1 Å². The molecule has 0 aliphatic carbocycles. The van der Waals surface area contributed by atoms with Gasteiger partial charge in [-0.25, -0.2) is 4.98 Å². The van der Waals surface area contributed by atoms with Crippen molar-refractivity contribution in [3.63, 3.8) is 0 Å². The first kappa shape index (κ1) is 15.6. The highest BCUT2D eigenvalue weighted by Gasteiger charge is 2.13. The number of rotatable bonds is 6. The fourth-order valence-corrected chi connectivity index (χ4v) is 2.00. The molecule has 0 aliphatic rings. The quantitative estimate of drug-likeness (QED) is 0.800. The van der Waals surface area contributed by atoms with E-state index in [-0.39, 0.29) is 5.56 Å². The number of methoxy groups -OCH3 is 1. The van der Waals surface area contributed by atoms with Crippen LogP contribution < -0.4 is 15.6 Å². The molecule has 0 radical (unpaired) electrons. The Balaban J connectivity index is 2.43. The summed E-state index contributed by atoms with van der Waals surface area (Å²) in [6.45, 7) is 2.80. The molecule has 2 aromatic rings. The van der Waals surface area contributed by atoms with Crippen LogP contribution in [0, 0.1) is 11.3 Å². The standard InChI is InChI=1S/C16H18N4O2/c1-3-4-9-18-16-19-14(13(10-17)15(21)20-16)11-5-7-12(22-2)8-6-11/h5-8H,3-4,9H2,1-2H3,(H2,18,19,20,21). The zero-order chi connectivity index (χ0) is 15.9. The Morgan fingerprint density at radius 3 is 2.68 bits per heavy atom. The summed E-state index contributed by atoms with van der Waals surface area (Å²) < 4.78 is 5.11. The lowest BCUT2D eigenvalue weighted by molar-refractivity contribution is 0.415. The van der Waals surface area contributed by atoms with Crippen molar-refractivity contribution in [3.8, 4) is 23.1 Å². The summed E-state index contributed by atoms with van der Waals surface area (Å²) in [5, 5.41) is 12.3. The summed E-state index contributed by atoms with van der Waals surface area (Å²) in [6.07, 6.45) is 2.01. The fraction of sp³-hybridized carbons (Fsp3) is 0.312. The number of aromatic amines is 1. The minimum absolute atomic E-state index is 0.00575. The molecule has 0 fully saturated rings. The monoisotopic (exact) mass is 298 g/mol. The van der Waals surface area contributed by atoms with Gasteiger partial charge in [0.25, 0.3) is 5.56 Å². The van der Waals surface area contributed by atoms with Crippen molar-refractivity contribution in [2.24, 2.45) is 0 Å². The summed E-state index contributed by atoms with van der Waals surface area (Å²) in [7, 11) is 1.58. The summed E-state index contributed by atoms with van der Waals surface area (Å²) in [4.78, 5) is 19.0. The van der Waals surface area contributed by atoms with E-state index < -0.39 is 5.56 Å². The second kappa shape index (κ2) is 7.27. The number of nitrogens with one attached hydrogen (secondary N) is 2. The Morgan fingerprint density at radius 2 is 2.09 bits per heavy atom. The van der Waals surface area contributed by atoms with Crippen LogP contribution in [-0.4, -0.2) is 23.6 Å². The predicted octanol–water partition coefficient (Wildman–Crippen LogP) is 2.53. The van der Waals surface area contributed by atoms with E-state index in [0.717, 1.165) is 12.8 Å². The van der Waals surface area contributed by atoms with Crippen LogP contribution in [0.15, 0.2) is 29.1 Å². The summed E-state index contributed by atoms with van der Waals surface area (Å²) in [5.41, 5.74) is 0.628. The topological polar surface area (TPSA) is 90.8 Å². The van der Waals surface area contributed by atoms with E-state index in [9.17, 15) is 10.1 Å². The van der Waals surface area contributed by atoms with Crippen LogP contribution in [0.2, 0.25) is 0 Å². The number of benzene rings is 1. The molecule has 1 aromatic carbocycles. The zero-order valence-electron chi connectivity index (χ0n) is 12.6. The van der Waals surface area contributed by atoms with E-state index in [1.54, 1.807) is 31.4 Å². The second-order valence-electron chi connectivity index (χ2n) is 4.76. The van der Waals surface area contributed by atoms with Crippen molar-refractivity contribution in [2.45, 2.75) is 19.8 Å². The lowest BCUT2D eigenvalue weighted by Crippen LogP contribution is -2.17. The molecule has 0 bridgehead atoms. The van der Waals surface area contributed by atoms with Gasteiger partial charge in [0.15, 0.2) is 0 Å². The second-order valence-corrected chi connectivity index (χ2v) is 4.76. The highest BCUT2D eigenvalue weighted by atomic mass is 16.5. The van der Waals surface area contributed by atoms with Gasteiger partial charge in [0.2, 0.25) is 5.95 Å². The lowest BCUT2D eigenvalue weighted by Gasteiger charge is -2.09. The number of unbranched alkanes of at least 4 members (excludes halogenated alkanes) is 1. The van der Waals surface area contributed by atoms with Crippen LogP contribution in [0.3, 0.4) is 0 Å². The number of hydrogen-bond donors (Lipinski definition) is 2. The summed E-state index contributed by atoms with van der Waals surface area (Å²) >= 11 is 0. The van der Waals surface area contributed by atoms with Gasteiger partial charge in [-0.3, -0.25) is 9.78 Å². The molecule has 1 aromatic heterocycles. The largest absolute Gasteiger partial charge is 0.497 e. The minimum Gasteiger partial charge on any atom is -0.497 e. The molecule has 0 spiro atoms. The average Bonchev–Trinajstić information content (AvgIpc) is 2.55. The first-order chi connectivity index (χ1) is 10.7. The van der Waals surface area contributed by atoms with Gasteiger partial charge in [0.1, 0.15) is 17.4 Å². The molecule has 0 saturated carbocycles. The number of anilines is 1. The highest BCUT2D eigenvalue weighted by Crippen LogP contribution is 2.22.